The van der Waals surface area contributed by atoms with E-state index in [9.17, 15) is 14.0 Å². The molecule has 7 nitrogen and oxygen atoms in total. The van der Waals surface area contributed by atoms with Gasteiger partial charge in [-0.15, -0.1) is 10.2 Å². The quantitative estimate of drug-likeness (QED) is 0.876. The molecular weight excluding hydrogens is 349 g/mol. The Morgan fingerprint density at radius 3 is 2.85 bits per heavy atom. The molecule has 0 saturated carbocycles. The summed E-state index contributed by atoms with van der Waals surface area (Å²) in [6.45, 7) is 5.79. The number of anilines is 1. The van der Waals surface area contributed by atoms with Gasteiger partial charge in [-0.1, -0.05) is 13.8 Å². The number of carbonyl (C=O) groups is 2. The molecule has 0 saturated heterocycles. The van der Waals surface area contributed by atoms with Crippen LogP contribution in [0, 0.1) is 5.82 Å². The van der Waals surface area contributed by atoms with E-state index in [1.807, 2.05) is 0 Å². The fourth-order valence-electron chi connectivity index (χ4n) is 3.87. The van der Waals surface area contributed by atoms with Crippen LogP contribution in [-0.2, 0) is 22.6 Å². The molecular formula is C19H22FN5O2. The lowest BCUT2D eigenvalue weighted by atomic mass is 9.89. The van der Waals surface area contributed by atoms with Crippen molar-refractivity contribution in [3.63, 3.8) is 0 Å². The van der Waals surface area contributed by atoms with Crippen molar-refractivity contribution >= 4 is 17.5 Å². The van der Waals surface area contributed by atoms with Crippen LogP contribution in [0.5, 0.6) is 0 Å². The van der Waals surface area contributed by atoms with Crippen LogP contribution >= 0.6 is 0 Å². The van der Waals surface area contributed by atoms with E-state index >= 15 is 0 Å². The van der Waals surface area contributed by atoms with E-state index in [4.69, 9.17) is 0 Å². The molecule has 3 heterocycles. The fraction of sp³-hybridized carbons (Fsp3) is 0.474. The van der Waals surface area contributed by atoms with Gasteiger partial charge >= 0.3 is 0 Å². The first-order valence-electron chi connectivity index (χ1n) is 9.24. The zero-order valence-corrected chi connectivity index (χ0v) is 15.4. The lowest BCUT2D eigenvalue weighted by Crippen LogP contribution is -2.40. The van der Waals surface area contributed by atoms with Crippen molar-refractivity contribution in [1.29, 1.82) is 0 Å². The average molecular weight is 371 g/mol. The fourth-order valence-corrected chi connectivity index (χ4v) is 3.87. The number of amides is 2. The molecule has 2 aliphatic rings. The second-order valence-electron chi connectivity index (χ2n) is 7.39. The average Bonchev–Trinajstić information content (AvgIpc) is 2.93. The third-order valence-corrected chi connectivity index (χ3v) is 5.23. The summed E-state index contributed by atoms with van der Waals surface area (Å²) in [5.74, 6) is 0.628. The number of fused-ring (bicyclic) bond motifs is 2. The number of rotatable bonds is 2. The zero-order valence-electron chi connectivity index (χ0n) is 15.4. The Morgan fingerprint density at radius 2 is 2.07 bits per heavy atom. The van der Waals surface area contributed by atoms with E-state index in [1.165, 1.54) is 18.2 Å². The number of aromatic nitrogens is 3. The largest absolute Gasteiger partial charge is 0.340 e. The number of halogens is 1. The van der Waals surface area contributed by atoms with E-state index in [1.54, 1.807) is 4.90 Å². The van der Waals surface area contributed by atoms with Gasteiger partial charge in [-0.2, -0.15) is 0 Å². The first kappa shape index (κ1) is 17.6. The Hall–Kier alpha value is -2.77. The van der Waals surface area contributed by atoms with Crippen LogP contribution in [-0.4, -0.2) is 44.6 Å². The summed E-state index contributed by atoms with van der Waals surface area (Å²) in [4.78, 5) is 27.0. The van der Waals surface area contributed by atoms with Crippen LogP contribution in [0.2, 0.25) is 0 Å². The molecule has 2 aliphatic heterocycles. The molecule has 0 radical (unpaired) electrons. The lowest BCUT2D eigenvalue weighted by Gasteiger charge is -2.30. The second-order valence-corrected chi connectivity index (χ2v) is 7.39. The van der Waals surface area contributed by atoms with Crippen molar-refractivity contribution in [2.45, 2.75) is 45.1 Å². The molecule has 142 valence electrons. The molecule has 2 amide bonds. The monoisotopic (exact) mass is 371 g/mol. The van der Waals surface area contributed by atoms with Crippen LogP contribution in [0.4, 0.5) is 10.1 Å². The van der Waals surface area contributed by atoms with Crippen LogP contribution in [0.3, 0.4) is 0 Å². The SMILES string of the molecule is CC(C)c1nnc2n1CCN(C(=O)[C@H]1CC(=O)Nc3ccc(F)cc31)CC2. The van der Waals surface area contributed by atoms with Gasteiger partial charge in [-0.05, 0) is 23.8 Å². The summed E-state index contributed by atoms with van der Waals surface area (Å²) in [6, 6.07) is 4.15. The minimum absolute atomic E-state index is 0.0369. The van der Waals surface area contributed by atoms with Gasteiger partial charge in [-0.3, -0.25) is 9.59 Å². The first-order valence-corrected chi connectivity index (χ1v) is 9.24. The third-order valence-electron chi connectivity index (χ3n) is 5.23. The van der Waals surface area contributed by atoms with Crippen molar-refractivity contribution in [3.05, 3.63) is 41.2 Å². The number of carbonyl (C=O) groups excluding carboxylic acids is 2. The van der Waals surface area contributed by atoms with Crippen molar-refractivity contribution in [2.75, 3.05) is 18.4 Å². The Bertz CT molecular complexity index is 908. The highest BCUT2D eigenvalue weighted by atomic mass is 19.1. The maximum absolute atomic E-state index is 13.7. The second kappa shape index (κ2) is 6.75. The Morgan fingerprint density at radius 1 is 1.26 bits per heavy atom. The van der Waals surface area contributed by atoms with E-state index < -0.39 is 11.7 Å². The van der Waals surface area contributed by atoms with Gasteiger partial charge in [0.2, 0.25) is 11.8 Å². The summed E-state index contributed by atoms with van der Waals surface area (Å²) >= 11 is 0. The Kier molecular flexibility index (Phi) is 4.41. The topological polar surface area (TPSA) is 80.1 Å². The highest BCUT2D eigenvalue weighted by Crippen LogP contribution is 2.34. The minimum Gasteiger partial charge on any atom is -0.340 e. The van der Waals surface area contributed by atoms with E-state index in [0.717, 1.165) is 11.6 Å². The molecule has 0 fully saturated rings. The summed E-state index contributed by atoms with van der Waals surface area (Å²) in [7, 11) is 0. The number of nitrogens with zero attached hydrogens (tertiary/aromatic N) is 4. The minimum atomic E-state index is -0.655. The van der Waals surface area contributed by atoms with Gasteiger partial charge in [0.25, 0.3) is 0 Å². The molecule has 0 bridgehead atoms. The van der Waals surface area contributed by atoms with E-state index in [2.05, 4.69) is 33.9 Å². The Labute approximate surface area is 156 Å². The van der Waals surface area contributed by atoms with Crippen molar-refractivity contribution in [1.82, 2.24) is 19.7 Å². The van der Waals surface area contributed by atoms with Gasteiger partial charge in [0.1, 0.15) is 17.5 Å². The molecule has 0 unspecified atom stereocenters. The summed E-state index contributed by atoms with van der Waals surface area (Å²) < 4.78 is 15.8. The Balaban J connectivity index is 1.58. The molecule has 1 atom stereocenters. The van der Waals surface area contributed by atoms with Crippen LogP contribution in [0.15, 0.2) is 18.2 Å². The molecule has 8 heteroatoms. The zero-order chi connectivity index (χ0) is 19.1. The number of hydrogen-bond acceptors (Lipinski definition) is 4. The van der Waals surface area contributed by atoms with E-state index in [0.29, 0.717) is 37.3 Å². The molecule has 0 spiro atoms. The van der Waals surface area contributed by atoms with Gasteiger partial charge in [0.15, 0.2) is 0 Å². The first-order chi connectivity index (χ1) is 12.9. The number of nitrogens with one attached hydrogen (secondary N) is 1. The van der Waals surface area contributed by atoms with Crippen molar-refractivity contribution in [3.8, 4) is 0 Å². The number of benzene rings is 1. The van der Waals surface area contributed by atoms with Crippen molar-refractivity contribution < 1.29 is 14.0 Å². The summed E-state index contributed by atoms with van der Waals surface area (Å²) in [5.41, 5.74) is 1.06. The maximum Gasteiger partial charge on any atom is 0.230 e. The molecule has 2 aromatic rings. The van der Waals surface area contributed by atoms with Crippen LogP contribution in [0.1, 0.15) is 49.3 Å². The number of hydrogen-bond donors (Lipinski definition) is 1. The van der Waals surface area contributed by atoms with E-state index in [-0.39, 0.29) is 24.2 Å². The maximum atomic E-state index is 13.7. The predicted molar refractivity (Wildman–Crippen MR) is 96.8 cm³/mol. The summed E-state index contributed by atoms with van der Waals surface area (Å²) in [6.07, 6.45) is 0.648. The van der Waals surface area contributed by atoms with Crippen LogP contribution < -0.4 is 5.32 Å². The van der Waals surface area contributed by atoms with Gasteiger partial charge < -0.3 is 14.8 Å². The molecule has 1 aromatic heterocycles. The third kappa shape index (κ3) is 3.20. The highest BCUT2D eigenvalue weighted by Gasteiger charge is 2.34. The lowest BCUT2D eigenvalue weighted by molar-refractivity contribution is -0.135. The smallest absolute Gasteiger partial charge is 0.230 e. The molecule has 27 heavy (non-hydrogen) atoms. The molecule has 0 aliphatic carbocycles. The van der Waals surface area contributed by atoms with Gasteiger partial charge in [-0.25, -0.2) is 4.39 Å². The molecule has 4 rings (SSSR count). The van der Waals surface area contributed by atoms with Gasteiger partial charge in [0, 0.05) is 44.1 Å². The predicted octanol–water partition coefficient (Wildman–Crippen LogP) is 2.05. The highest BCUT2D eigenvalue weighted by molar-refractivity contribution is 6.01. The molecule has 1 aromatic carbocycles. The van der Waals surface area contributed by atoms with Gasteiger partial charge in [0.05, 0.1) is 5.92 Å². The summed E-state index contributed by atoms with van der Waals surface area (Å²) in [5, 5.41) is 11.2. The standard InChI is InChI=1S/C19H22FN5O2/c1-11(2)18-23-22-16-5-6-24(7-8-25(16)18)19(27)14-10-17(26)21-15-4-3-12(20)9-13(14)15/h3-4,9,11,14H,5-8,10H2,1-2H3,(H,21,26)/t14-/m0/s1. The van der Waals surface area contributed by atoms with Crippen LogP contribution in [0.25, 0.3) is 0 Å². The normalized spacial score (nSPS) is 19.3. The van der Waals surface area contributed by atoms with Crippen molar-refractivity contribution in [2.24, 2.45) is 0 Å². The molecule has 1 N–H and O–H groups in total.